The monoisotopic (exact) mass is 458 g/mol. The second kappa shape index (κ2) is 8.67. The topological polar surface area (TPSA) is 133 Å². The quantitative estimate of drug-likeness (QED) is 0.388. The van der Waals surface area contributed by atoms with Crippen LogP contribution >= 0.6 is 23.1 Å². The summed E-state index contributed by atoms with van der Waals surface area (Å²) in [7, 11) is 0. The highest BCUT2D eigenvalue weighted by Gasteiger charge is 2.21. The third kappa shape index (κ3) is 4.42. The molecular formula is C20H22N6O3S2. The number of fused-ring (bicyclic) bond motifs is 1. The van der Waals surface area contributed by atoms with E-state index >= 15 is 0 Å². The maximum Gasteiger partial charge on any atom is 0.259 e. The number of carbonyl (C=O) groups excluding carboxylic acids is 1. The van der Waals surface area contributed by atoms with Gasteiger partial charge in [-0.3, -0.25) is 14.2 Å². The molecule has 0 aliphatic carbocycles. The van der Waals surface area contributed by atoms with Gasteiger partial charge in [0.15, 0.2) is 5.16 Å². The van der Waals surface area contributed by atoms with Crippen LogP contribution in [-0.2, 0) is 17.8 Å². The van der Waals surface area contributed by atoms with Crippen LogP contribution in [0.5, 0.6) is 0 Å². The molecule has 4 heterocycles. The number of nitrogens with two attached hydrogens (primary N) is 1. The van der Waals surface area contributed by atoms with Gasteiger partial charge in [-0.05, 0) is 38.5 Å². The van der Waals surface area contributed by atoms with Gasteiger partial charge in [-0.15, -0.1) is 21.5 Å². The molecule has 0 unspecified atom stereocenters. The van der Waals surface area contributed by atoms with E-state index < -0.39 is 5.91 Å². The average molecular weight is 459 g/mol. The predicted octanol–water partition coefficient (Wildman–Crippen LogP) is 3.11. The normalized spacial score (nSPS) is 12.5. The first-order chi connectivity index (χ1) is 14.8. The number of nitrogens with zero attached hydrogens (tertiary/aromatic N) is 4. The number of primary amides is 1. The van der Waals surface area contributed by atoms with Crippen LogP contribution < -0.4 is 11.3 Å². The van der Waals surface area contributed by atoms with E-state index in [1.165, 1.54) is 23.1 Å². The lowest BCUT2D eigenvalue weighted by molar-refractivity contribution is -0.118. The number of nitrogens with one attached hydrogen (secondary N) is 1. The maximum absolute atomic E-state index is 12.6. The Kier molecular flexibility index (Phi) is 5.96. The van der Waals surface area contributed by atoms with Crippen molar-refractivity contribution in [3.63, 3.8) is 0 Å². The number of aromatic amines is 1. The Labute approximate surface area is 186 Å². The van der Waals surface area contributed by atoms with Gasteiger partial charge in [0, 0.05) is 17.7 Å². The lowest BCUT2D eigenvalue weighted by Gasteiger charge is -2.12. The first-order valence-electron chi connectivity index (χ1n) is 9.72. The number of hydrogen-bond donors (Lipinski definition) is 2. The second-order valence-electron chi connectivity index (χ2n) is 7.21. The third-order valence-corrected chi connectivity index (χ3v) is 7.20. The smallest absolute Gasteiger partial charge is 0.259 e. The van der Waals surface area contributed by atoms with Crippen molar-refractivity contribution in [3.05, 3.63) is 56.6 Å². The van der Waals surface area contributed by atoms with Crippen LogP contribution in [0.1, 0.15) is 46.4 Å². The predicted molar refractivity (Wildman–Crippen MR) is 119 cm³/mol. The van der Waals surface area contributed by atoms with Gasteiger partial charge in [0.1, 0.15) is 22.2 Å². The number of carbonyl (C=O) groups is 1. The Balaban J connectivity index is 1.64. The molecule has 4 rings (SSSR count). The zero-order valence-corrected chi connectivity index (χ0v) is 19.0. The largest absolute Gasteiger partial charge is 0.467 e. The highest BCUT2D eigenvalue weighted by atomic mass is 32.2. The summed E-state index contributed by atoms with van der Waals surface area (Å²) < 4.78 is 7.38. The van der Waals surface area contributed by atoms with Crippen molar-refractivity contribution in [2.24, 2.45) is 5.73 Å². The van der Waals surface area contributed by atoms with E-state index in [4.69, 9.17) is 15.1 Å². The molecule has 0 aromatic carbocycles. The Morgan fingerprint density at radius 3 is 2.90 bits per heavy atom. The standard InChI is InChI=1S/C20H22N6O3S2/c1-10-11(2)30-19-16(10)18(28)22-17(23-19)12(3)31-20-25-24-15(7-6-14(21)27)26(20)9-13-5-4-8-29-13/h4-5,8,12H,6-7,9H2,1-3H3,(H2,21,27)(H,22,23,28)/t12-/m1/s1. The van der Waals surface area contributed by atoms with E-state index in [0.717, 1.165) is 21.0 Å². The van der Waals surface area contributed by atoms with Crippen molar-refractivity contribution in [2.45, 2.75) is 50.6 Å². The van der Waals surface area contributed by atoms with Gasteiger partial charge < -0.3 is 15.1 Å². The molecule has 4 aromatic rings. The fourth-order valence-electron chi connectivity index (χ4n) is 3.22. The zero-order valence-electron chi connectivity index (χ0n) is 17.3. The van der Waals surface area contributed by atoms with Gasteiger partial charge in [0.25, 0.3) is 5.56 Å². The van der Waals surface area contributed by atoms with E-state index in [1.807, 2.05) is 37.5 Å². The number of thioether (sulfide) groups is 1. The van der Waals surface area contributed by atoms with Gasteiger partial charge in [-0.25, -0.2) is 4.98 Å². The summed E-state index contributed by atoms with van der Waals surface area (Å²) in [4.78, 5) is 33.3. The van der Waals surface area contributed by atoms with Crippen LogP contribution in [0, 0.1) is 13.8 Å². The summed E-state index contributed by atoms with van der Waals surface area (Å²) in [6.07, 6.45) is 2.17. The van der Waals surface area contributed by atoms with Crippen LogP contribution in [-0.4, -0.2) is 30.6 Å². The van der Waals surface area contributed by atoms with E-state index in [2.05, 4.69) is 15.2 Å². The summed E-state index contributed by atoms with van der Waals surface area (Å²) in [6.45, 7) is 6.31. The van der Waals surface area contributed by atoms with Gasteiger partial charge in [0.05, 0.1) is 23.4 Å². The number of rotatable bonds is 8. The zero-order chi connectivity index (χ0) is 22.1. The molecule has 4 aromatic heterocycles. The van der Waals surface area contributed by atoms with Crippen LogP contribution in [0.15, 0.2) is 32.8 Å². The van der Waals surface area contributed by atoms with Crippen molar-refractivity contribution >= 4 is 39.2 Å². The number of aromatic nitrogens is 5. The number of furan rings is 1. The van der Waals surface area contributed by atoms with E-state index in [9.17, 15) is 9.59 Å². The lowest BCUT2D eigenvalue weighted by Crippen LogP contribution is -2.14. The first-order valence-corrected chi connectivity index (χ1v) is 11.4. The fraction of sp³-hybridized carbons (Fsp3) is 0.350. The molecule has 11 heteroatoms. The Morgan fingerprint density at radius 2 is 2.19 bits per heavy atom. The second-order valence-corrected chi connectivity index (χ2v) is 9.72. The Morgan fingerprint density at radius 1 is 1.39 bits per heavy atom. The van der Waals surface area contributed by atoms with E-state index in [0.29, 0.717) is 35.2 Å². The van der Waals surface area contributed by atoms with Crippen LogP contribution in [0.3, 0.4) is 0 Å². The van der Waals surface area contributed by atoms with E-state index in [-0.39, 0.29) is 17.2 Å². The molecule has 0 fully saturated rings. The maximum atomic E-state index is 12.6. The number of aryl methyl sites for hydroxylation is 3. The molecule has 0 saturated heterocycles. The SMILES string of the molecule is Cc1sc2nc([C@@H](C)Sc3nnc(CCC(N)=O)n3Cc3ccco3)[nH]c(=O)c2c1C. The van der Waals surface area contributed by atoms with Gasteiger partial charge in [0.2, 0.25) is 5.91 Å². The van der Waals surface area contributed by atoms with Gasteiger partial charge in [-0.2, -0.15) is 0 Å². The highest BCUT2D eigenvalue weighted by Crippen LogP contribution is 2.34. The number of amides is 1. The van der Waals surface area contributed by atoms with Crippen molar-refractivity contribution in [1.29, 1.82) is 0 Å². The molecule has 1 atom stereocenters. The molecule has 0 radical (unpaired) electrons. The minimum Gasteiger partial charge on any atom is -0.467 e. The molecular weight excluding hydrogens is 436 g/mol. The van der Waals surface area contributed by atoms with Crippen molar-refractivity contribution in [2.75, 3.05) is 0 Å². The van der Waals surface area contributed by atoms with Gasteiger partial charge >= 0.3 is 0 Å². The first kappa shape index (κ1) is 21.3. The van der Waals surface area contributed by atoms with E-state index in [1.54, 1.807) is 6.26 Å². The Hall–Kier alpha value is -2.92. The summed E-state index contributed by atoms with van der Waals surface area (Å²) in [5.41, 5.74) is 6.14. The molecule has 31 heavy (non-hydrogen) atoms. The molecule has 0 saturated carbocycles. The number of thiophene rings is 1. The lowest BCUT2D eigenvalue weighted by atomic mass is 10.2. The molecule has 0 aliphatic rings. The number of H-pyrrole nitrogens is 1. The van der Waals surface area contributed by atoms with Crippen molar-refractivity contribution < 1.29 is 9.21 Å². The van der Waals surface area contributed by atoms with Crippen LogP contribution in [0.25, 0.3) is 10.2 Å². The summed E-state index contributed by atoms with van der Waals surface area (Å²) >= 11 is 2.95. The summed E-state index contributed by atoms with van der Waals surface area (Å²) in [6, 6.07) is 3.68. The molecule has 0 bridgehead atoms. The van der Waals surface area contributed by atoms with Crippen LogP contribution in [0.2, 0.25) is 0 Å². The fourth-order valence-corrected chi connectivity index (χ4v) is 5.18. The summed E-state index contributed by atoms with van der Waals surface area (Å²) in [5, 5.41) is 9.68. The minimum atomic E-state index is -0.397. The third-order valence-electron chi connectivity index (χ3n) is 5.01. The molecule has 162 valence electrons. The summed E-state index contributed by atoms with van der Waals surface area (Å²) in [5.74, 6) is 1.57. The highest BCUT2D eigenvalue weighted by molar-refractivity contribution is 7.99. The molecule has 1 amide bonds. The van der Waals surface area contributed by atoms with Crippen molar-refractivity contribution in [1.82, 2.24) is 24.7 Å². The molecule has 9 nitrogen and oxygen atoms in total. The Bertz CT molecular complexity index is 1290. The molecule has 3 N–H and O–H groups in total. The van der Waals surface area contributed by atoms with Crippen LogP contribution in [0.4, 0.5) is 0 Å². The molecule has 0 spiro atoms. The van der Waals surface area contributed by atoms with Gasteiger partial charge in [-0.1, -0.05) is 11.8 Å². The molecule has 0 aliphatic heterocycles. The number of hydrogen-bond acceptors (Lipinski definition) is 8. The van der Waals surface area contributed by atoms with Crippen molar-refractivity contribution in [3.8, 4) is 0 Å². The average Bonchev–Trinajstić information content (AvgIpc) is 3.42. The minimum absolute atomic E-state index is 0.131.